The van der Waals surface area contributed by atoms with Crippen molar-refractivity contribution in [2.45, 2.75) is 39.2 Å². The highest BCUT2D eigenvalue weighted by Crippen LogP contribution is 2.33. The summed E-state index contributed by atoms with van der Waals surface area (Å²) in [5, 5.41) is 0. The van der Waals surface area contributed by atoms with Gasteiger partial charge in [0.2, 0.25) is 5.91 Å². The standard InChI is InChI=1S/C15H28N4O2/c1-3-17(4-2)15(21)19-9-7-18(8-10-19)14(20)11-13(16)12-5-6-12/h12-13H,3-11,16H2,1-2H3. The first-order valence-electron chi connectivity index (χ1n) is 8.14. The van der Waals surface area contributed by atoms with Crippen LogP contribution in [0.4, 0.5) is 4.79 Å². The van der Waals surface area contributed by atoms with Crippen LogP contribution in [0.5, 0.6) is 0 Å². The second kappa shape index (κ2) is 7.11. The number of carbonyl (C=O) groups excluding carboxylic acids is 2. The molecule has 1 heterocycles. The molecule has 0 aromatic carbocycles. The molecule has 0 aromatic heterocycles. The first-order chi connectivity index (χ1) is 10.1. The Hall–Kier alpha value is -1.30. The van der Waals surface area contributed by atoms with Crippen molar-refractivity contribution in [3.05, 3.63) is 0 Å². The van der Waals surface area contributed by atoms with Gasteiger partial charge in [-0.1, -0.05) is 0 Å². The van der Waals surface area contributed by atoms with Gasteiger partial charge in [-0.3, -0.25) is 4.79 Å². The average Bonchev–Trinajstić information content (AvgIpc) is 3.33. The van der Waals surface area contributed by atoms with Crippen molar-refractivity contribution in [2.75, 3.05) is 39.3 Å². The summed E-state index contributed by atoms with van der Waals surface area (Å²) in [6, 6.07) is 0.106. The highest BCUT2D eigenvalue weighted by atomic mass is 16.2. The van der Waals surface area contributed by atoms with Gasteiger partial charge in [-0.15, -0.1) is 0 Å². The van der Waals surface area contributed by atoms with Gasteiger partial charge in [0.05, 0.1) is 0 Å². The Kier molecular flexibility index (Phi) is 5.45. The maximum Gasteiger partial charge on any atom is 0.320 e. The molecule has 0 radical (unpaired) electrons. The molecule has 2 rings (SSSR count). The minimum absolute atomic E-state index is 0.0211. The number of amides is 3. The zero-order valence-corrected chi connectivity index (χ0v) is 13.3. The number of hydrogen-bond donors (Lipinski definition) is 1. The molecule has 1 saturated carbocycles. The van der Waals surface area contributed by atoms with Gasteiger partial charge in [-0.25, -0.2) is 4.79 Å². The molecule has 120 valence electrons. The summed E-state index contributed by atoms with van der Waals surface area (Å²) in [6.07, 6.45) is 2.79. The van der Waals surface area contributed by atoms with E-state index in [-0.39, 0.29) is 18.0 Å². The smallest absolute Gasteiger partial charge is 0.320 e. The number of piperazine rings is 1. The third-order valence-electron chi connectivity index (χ3n) is 4.57. The van der Waals surface area contributed by atoms with Crippen molar-refractivity contribution in [1.29, 1.82) is 0 Å². The Balaban J connectivity index is 1.76. The van der Waals surface area contributed by atoms with E-state index in [2.05, 4.69) is 0 Å². The average molecular weight is 296 g/mol. The molecule has 3 amide bonds. The Morgan fingerprint density at radius 2 is 1.62 bits per heavy atom. The van der Waals surface area contributed by atoms with Gasteiger partial charge in [0.1, 0.15) is 0 Å². The summed E-state index contributed by atoms with van der Waals surface area (Å²) in [6.45, 7) is 7.93. The molecular weight excluding hydrogens is 268 g/mol. The lowest BCUT2D eigenvalue weighted by Crippen LogP contribution is -2.54. The van der Waals surface area contributed by atoms with Gasteiger partial charge in [0, 0.05) is 51.7 Å². The molecule has 2 N–H and O–H groups in total. The third kappa shape index (κ3) is 4.09. The fraction of sp³-hybridized carbons (Fsp3) is 0.867. The third-order valence-corrected chi connectivity index (χ3v) is 4.57. The van der Waals surface area contributed by atoms with Crippen LogP contribution in [0, 0.1) is 5.92 Å². The topological polar surface area (TPSA) is 69.9 Å². The van der Waals surface area contributed by atoms with E-state index >= 15 is 0 Å². The molecule has 0 bridgehead atoms. The quantitative estimate of drug-likeness (QED) is 0.812. The van der Waals surface area contributed by atoms with Gasteiger partial charge in [0.25, 0.3) is 0 Å². The fourth-order valence-electron chi connectivity index (χ4n) is 2.86. The molecule has 2 fully saturated rings. The molecule has 6 nitrogen and oxygen atoms in total. The largest absolute Gasteiger partial charge is 0.339 e. The number of rotatable bonds is 5. The van der Waals surface area contributed by atoms with Crippen LogP contribution in [0.25, 0.3) is 0 Å². The van der Waals surface area contributed by atoms with Crippen LogP contribution in [0.2, 0.25) is 0 Å². The summed E-state index contributed by atoms with van der Waals surface area (Å²) in [7, 11) is 0. The van der Waals surface area contributed by atoms with Gasteiger partial charge in [-0.2, -0.15) is 0 Å². The van der Waals surface area contributed by atoms with Crippen LogP contribution in [0.15, 0.2) is 0 Å². The molecule has 6 heteroatoms. The molecule has 1 aliphatic carbocycles. The number of hydrogen-bond acceptors (Lipinski definition) is 3. The molecule has 1 unspecified atom stereocenters. The summed E-state index contributed by atoms with van der Waals surface area (Å²) in [5.41, 5.74) is 6.02. The molecule has 2 aliphatic rings. The van der Waals surface area contributed by atoms with E-state index in [0.29, 0.717) is 38.5 Å². The van der Waals surface area contributed by atoms with Gasteiger partial charge >= 0.3 is 6.03 Å². The monoisotopic (exact) mass is 296 g/mol. The normalized spacial score (nSPS) is 20.3. The zero-order chi connectivity index (χ0) is 15.4. The summed E-state index contributed by atoms with van der Waals surface area (Å²) >= 11 is 0. The predicted octanol–water partition coefficient (Wildman–Crippen LogP) is 0.720. The lowest BCUT2D eigenvalue weighted by Gasteiger charge is -2.37. The second-order valence-corrected chi connectivity index (χ2v) is 6.03. The first kappa shape index (κ1) is 16.1. The van der Waals surface area contributed by atoms with E-state index in [9.17, 15) is 9.59 Å². The van der Waals surface area contributed by atoms with E-state index in [1.165, 1.54) is 12.8 Å². The first-order valence-corrected chi connectivity index (χ1v) is 8.14. The molecule has 1 atom stereocenters. The Bertz CT molecular complexity index is 372. The van der Waals surface area contributed by atoms with E-state index < -0.39 is 0 Å². The molecular formula is C15H28N4O2. The van der Waals surface area contributed by atoms with Crippen molar-refractivity contribution in [3.8, 4) is 0 Å². The minimum atomic E-state index is 0.0211. The van der Waals surface area contributed by atoms with Crippen molar-refractivity contribution < 1.29 is 9.59 Å². The van der Waals surface area contributed by atoms with Crippen LogP contribution in [-0.4, -0.2) is 71.9 Å². The van der Waals surface area contributed by atoms with Gasteiger partial charge in [0.15, 0.2) is 0 Å². The minimum Gasteiger partial charge on any atom is -0.339 e. The van der Waals surface area contributed by atoms with Crippen molar-refractivity contribution in [3.63, 3.8) is 0 Å². The zero-order valence-electron chi connectivity index (χ0n) is 13.3. The number of nitrogens with zero attached hydrogens (tertiary/aromatic N) is 3. The maximum absolute atomic E-state index is 12.2. The maximum atomic E-state index is 12.2. The number of urea groups is 1. The van der Waals surface area contributed by atoms with Crippen LogP contribution >= 0.6 is 0 Å². The summed E-state index contributed by atoms with van der Waals surface area (Å²) < 4.78 is 0. The Labute approximate surface area is 127 Å². The van der Waals surface area contributed by atoms with Crippen molar-refractivity contribution in [1.82, 2.24) is 14.7 Å². The van der Waals surface area contributed by atoms with Crippen molar-refractivity contribution in [2.24, 2.45) is 11.7 Å². The fourth-order valence-corrected chi connectivity index (χ4v) is 2.86. The second-order valence-electron chi connectivity index (χ2n) is 6.03. The lowest BCUT2D eigenvalue weighted by molar-refractivity contribution is -0.133. The highest BCUT2D eigenvalue weighted by molar-refractivity contribution is 5.78. The SMILES string of the molecule is CCN(CC)C(=O)N1CCN(C(=O)CC(N)C2CC2)CC1. The van der Waals surface area contributed by atoms with Gasteiger partial charge in [-0.05, 0) is 32.6 Å². The summed E-state index contributed by atoms with van der Waals surface area (Å²) in [5.74, 6) is 0.698. The van der Waals surface area contributed by atoms with Crippen molar-refractivity contribution >= 4 is 11.9 Å². The van der Waals surface area contributed by atoms with E-state index in [1.807, 2.05) is 28.5 Å². The Morgan fingerprint density at radius 3 is 2.10 bits per heavy atom. The molecule has 0 spiro atoms. The van der Waals surface area contributed by atoms with Crippen LogP contribution < -0.4 is 5.73 Å². The molecule has 1 saturated heterocycles. The van der Waals surface area contributed by atoms with Crippen LogP contribution in [0.1, 0.15) is 33.1 Å². The van der Waals surface area contributed by atoms with E-state index in [4.69, 9.17) is 5.73 Å². The number of nitrogens with two attached hydrogens (primary N) is 1. The lowest BCUT2D eigenvalue weighted by atomic mass is 10.1. The molecule has 0 aromatic rings. The molecule has 1 aliphatic heterocycles. The van der Waals surface area contributed by atoms with Gasteiger partial charge < -0.3 is 20.4 Å². The summed E-state index contributed by atoms with van der Waals surface area (Å²) in [4.78, 5) is 30.0. The Morgan fingerprint density at radius 1 is 1.10 bits per heavy atom. The molecule has 21 heavy (non-hydrogen) atoms. The highest BCUT2D eigenvalue weighted by Gasteiger charge is 2.32. The van der Waals surface area contributed by atoms with E-state index in [0.717, 1.165) is 13.1 Å². The van der Waals surface area contributed by atoms with E-state index in [1.54, 1.807) is 0 Å². The van der Waals surface area contributed by atoms with Crippen LogP contribution in [-0.2, 0) is 4.79 Å². The predicted molar refractivity (Wildman–Crippen MR) is 81.8 cm³/mol. The van der Waals surface area contributed by atoms with Crippen LogP contribution in [0.3, 0.4) is 0 Å². The number of carbonyl (C=O) groups is 2.